The lowest BCUT2D eigenvalue weighted by Gasteiger charge is -2.20. The van der Waals surface area contributed by atoms with Crippen molar-refractivity contribution in [2.45, 2.75) is 18.8 Å². The molecule has 0 amide bonds. The lowest BCUT2D eigenvalue weighted by Crippen LogP contribution is -2.33. The molecule has 0 aliphatic rings. The normalized spacial score (nSPS) is 13.5. The molecule has 0 spiro atoms. The van der Waals surface area contributed by atoms with Crippen molar-refractivity contribution in [3.63, 3.8) is 0 Å². The molecule has 0 aliphatic heterocycles. The predicted molar refractivity (Wildman–Crippen MR) is 66.4 cm³/mol. The number of benzene rings is 1. The fourth-order valence-electron chi connectivity index (χ4n) is 1.65. The molecular formula is C13H12F3NS. The Bertz CT molecular complexity index is 465. The monoisotopic (exact) mass is 271 g/mol. The van der Waals surface area contributed by atoms with Gasteiger partial charge >= 0.3 is 6.18 Å². The van der Waals surface area contributed by atoms with Crippen molar-refractivity contribution in [1.82, 2.24) is 5.32 Å². The number of nitrogens with one attached hydrogen (secondary N) is 1. The number of rotatable bonds is 4. The maximum absolute atomic E-state index is 12.9. The van der Waals surface area contributed by atoms with Gasteiger partial charge in [0.05, 0.1) is 0 Å². The Morgan fingerprint density at radius 3 is 2.33 bits per heavy atom. The molecule has 0 saturated heterocycles. The Morgan fingerprint density at radius 2 is 1.78 bits per heavy atom. The Labute approximate surface area is 107 Å². The summed E-state index contributed by atoms with van der Waals surface area (Å²) < 4.78 is 38.8. The van der Waals surface area contributed by atoms with Gasteiger partial charge in [0.25, 0.3) is 0 Å². The van der Waals surface area contributed by atoms with E-state index >= 15 is 0 Å². The average Bonchev–Trinajstić information content (AvgIpc) is 2.82. The van der Waals surface area contributed by atoms with E-state index in [1.807, 2.05) is 18.2 Å². The van der Waals surface area contributed by atoms with Crippen molar-refractivity contribution in [2.24, 2.45) is 0 Å². The van der Waals surface area contributed by atoms with E-state index in [1.165, 1.54) is 6.07 Å². The van der Waals surface area contributed by atoms with E-state index < -0.39 is 12.2 Å². The van der Waals surface area contributed by atoms with Crippen LogP contribution in [0.1, 0.15) is 16.5 Å². The molecule has 0 radical (unpaired) electrons. The van der Waals surface area contributed by atoms with Gasteiger partial charge in [-0.3, -0.25) is 5.32 Å². The van der Waals surface area contributed by atoms with Gasteiger partial charge in [0, 0.05) is 11.4 Å². The van der Waals surface area contributed by atoms with E-state index in [0.29, 0.717) is 4.88 Å². The third-order valence-electron chi connectivity index (χ3n) is 2.51. The molecule has 0 aliphatic carbocycles. The molecule has 1 heterocycles. The molecular weight excluding hydrogens is 259 g/mol. The van der Waals surface area contributed by atoms with Crippen molar-refractivity contribution in [3.05, 3.63) is 58.3 Å². The van der Waals surface area contributed by atoms with Crippen LogP contribution >= 0.6 is 11.3 Å². The van der Waals surface area contributed by atoms with Crippen LogP contribution in [0.2, 0.25) is 0 Å². The smallest absolute Gasteiger partial charge is 0.298 e. The van der Waals surface area contributed by atoms with Crippen LogP contribution in [0.3, 0.4) is 0 Å². The summed E-state index contributed by atoms with van der Waals surface area (Å²) >= 11 is 1.11. The second-order valence-corrected chi connectivity index (χ2v) is 4.84. The van der Waals surface area contributed by atoms with Gasteiger partial charge in [-0.25, -0.2) is 0 Å². The predicted octanol–water partition coefficient (Wildman–Crippen LogP) is 4.14. The first kappa shape index (κ1) is 13.1. The van der Waals surface area contributed by atoms with Crippen LogP contribution in [0.5, 0.6) is 0 Å². The molecule has 1 aromatic heterocycles. The van der Waals surface area contributed by atoms with Crippen LogP contribution < -0.4 is 5.32 Å². The lowest BCUT2D eigenvalue weighted by atomic mass is 10.2. The van der Waals surface area contributed by atoms with Gasteiger partial charge in [0.15, 0.2) is 0 Å². The fourth-order valence-corrected chi connectivity index (χ4v) is 2.47. The first-order chi connectivity index (χ1) is 8.57. The molecule has 1 nitrogen and oxygen atoms in total. The first-order valence-electron chi connectivity index (χ1n) is 5.45. The second-order valence-electron chi connectivity index (χ2n) is 3.86. The van der Waals surface area contributed by atoms with Gasteiger partial charge in [0.2, 0.25) is 0 Å². The fraction of sp³-hybridized carbons (Fsp3) is 0.231. The summed E-state index contributed by atoms with van der Waals surface area (Å²) in [6.07, 6.45) is -4.28. The number of halogens is 3. The quantitative estimate of drug-likeness (QED) is 0.881. The molecule has 1 aromatic carbocycles. The van der Waals surface area contributed by atoms with E-state index in [4.69, 9.17) is 0 Å². The standard InChI is InChI=1S/C13H12F3NS/c14-13(15,16)12(11-7-4-8-18-11)17-9-10-5-2-1-3-6-10/h1-8,12,17H,9H2. The molecule has 5 heteroatoms. The molecule has 1 atom stereocenters. The topological polar surface area (TPSA) is 12.0 Å². The zero-order chi connectivity index (χ0) is 13.0. The van der Waals surface area contributed by atoms with Crippen LogP contribution in [-0.2, 0) is 6.54 Å². The molecule has 2 rings (SSSR count). The van der Waals surface area contributed by atoms with Gasteiger partial charge < -0.3 is 0 Å². The molecule has 0 saturated carbocycles. The van der Waals surface area contributed by atoms with Gasteiger partial charge in [-0.2, -0.15) is 13.2 Å². The summed E-state index contributed by atoms with van der Waals surface area (Å²) in [5, 5.41) is 4.21. The van der Waals surface area contributed by atoms with Crippen LogP contribution in [0, 0.1) is 0 Å². The molecule has 1 N–H and O–H groups in total. The molecule has 0 bridgehead atoms. The summed E-state index contributed by atoms with van der Waals surface area (Å²) in [5.41, 5.74) is 0.836. The summed E-state index contributed by atoms with van der Waals surface area (Å²) in [4.78, 5) is 0.290. The molecule has 0 fully saturated rings. The van der Waals surface area contributed by atoms with E-state index in [9.17, 15) is 13.2 Å². The summed E-state index contributed by atoms with van der Waals surface area (Å²) in [7, 11) is 0. The van der Waals surface area contributed by atoms with E-state index in [1.54, 1.807) is 23.6 Å². The Kier molecular flexibility index (Phi) is 4.04. The number of hydrogen-bond donors (Lipinski definition) is 1. The summed E-state index contributed by atoms with van der Waals surface area (Å²) in [6, 6.07) is 10.6. The summed E-state index contributed by atoms with van der Waals surface area (Å²) in [6.45, 7) is 0.197. The van der Waals surface area contributed by atoms with Crippen LogP contribution in [0.4, 0.5) is 13.2 Å². The SMILES string of the molecule is FC(F)(F)C(NCc1ccccc1)c1cccs1. The van der Waals surface area contributed by atoms with Gasteiger partial charge in [0.1, 0.15) is 6.04 Å². The number of alkyl halides is 3. The minimum atomic E-state index is -4.28. The maximum Gasteiger partial charge on any atom is 0.408 e. The minimum absolute atomic E-state index is 0.197. The van der Waals surface area contributed by atoms with Crippen LogP contribution in [0.15, 0.2) is 47.8 Å². The van der Waals surface area contributed by atoms with E-state index in [0.717, 1.165) is 16.9 Å². The molecule has 2 aromatic rings. The van der Waals surface area contributed by atoms with Crippen molar-refractivity contribution < 1.29 is 13.2 Å². The Balaban J connectivity index is 2.08. The lowest BCUT2D eigenvalue weighted by molar-refractivity contribution is -0.157. The highest BCUT2D eigenvalue weighted by Crippen LogP contribution is 2.35. The second kappa shape index (κ2) is 5.54. The van der Waals surface area contributed by atoms with Crippen LogP contribution in [-0.4, -0.2) is 6.18 Å². The maximum atomic E-state index is 12.9. The van der Waals surface area contributed by atoms with Crippen molar-refractivity contribution in [3.8, 4) is 0 Å². The zero-order valence-corrected chi connectivity index (χ0v) is 10.3. The largest absolute Gasteiger partial charge is 0.408 e. The third-order valence-corrected chi connectivity index (χ3v) is 3.45. The third kappa shape index (κ3) is 3.34. The van der Waals surface area contributed by atoms with Gasteiger partial charge in [-0.15, -0.1) is 11.3 Å². The van der Waals surface area contributed by atoms with E-state index in [-0.39, 0.29) is 6.54 Å². The van der Waals surface area contributed by atoms with Gasteiger partial charge in [-0.1, -0.05) is 36.4 Å². The van der Waals surface area contributed by atoms with E-state index in [2.05, 4.69) is 5.32 Å². The Hall–Kier alpha value is -1.33. The van der Waals surface area contributed by atoms with Crippen molar-refractivity contribution in [1.29, 1.82) is 0 Å². The summed E-state index contributed by atoms with van der Waals surface area (Å²) in [5.74, 6) is 0. The minimum Gasteiger partial charge on any atom is -0.298 e. The van der Waals surface area contributed by atoms with Crippen molar-refractivity contribution >= 4 is 11.3 Å². The Morgan fingerprint density at radius 1 is 1.06 bits per heavy atom. The van der Waals surface area contributed by atoms with Crippen LogP contribution in [0.25, 0.3) is 0 Å². The molecule has 18 heavy (non-hydrogen) atoms. The van der Waals surface area contributed by atoms with Gasteiger partial charge in [-0.05, 0) is 17.0 Å². The highest BCUT2D eigenvalue weighted by atomic mass is 32.1. The van der Waals surface area contributed by atoms with Crippen molar-refractivity contribution in [2.75, 3.05) is 0 Å². The molecule has 96 valence electrons. The molecule has 1 unspecified atom stereocenters. The zero-order valence-electron chi connectivity index (χ0n) is 9.45. The highest BCUT2D eigenvalue weighted by Gasteiger charge is 2.40. The average molecular weight is 271 g/mol. The number of hydrogen-bond acceptors (Lipinski definition) is 2. The first-order valence-corrected chi connectivity index (χ1v) is 6.33. The highest BCUT2D eigenvalue weighted by molar-refractivity contribution is 7.10. The number of thiophene rings is 1.